The molecule has 6 heteroatoms. The molecule has 0 saturated carbocycles. The lowest BCUT2D eigenvalue weighted by Crippen LogP contribution is -2.47. The lowest BCUT2D eigenvalue weighted by Gasteiger charge is -2.36. The SMILES string of the molecule is Cc1ccc(C(=O)N2C[C@H]3CC[C@@H]2CN(Cc2c(C)noc2C)C3)s1. The van der Waals surface area contributed by atoms with E-state index in [0.29, 0.717) is 12.0 Å². The van der Waals surface area contributed by atoms with E-state index in [1.54, 1.807) is 11.3 Å². The van der Waals surface area contributed by atoms with Gasteiger partial charge in [0.2, 0.25) is 0 Å². The number of carbonyl (C=O) groups is 1. The van der Waals surface area contributed by atoms with Gasteiger partial charge in [0.1, 0.15) is 5.76 Å². The Morgan fingerprint density at radius 2 is 2.08 bits per heavy atom. The molecule has 5 rings (SSSR count). The molecule has 0 N–H and O–H groups in total. The summed E-state index contributed by atoms with van der Waals surface area (Å²) in [5.41, 5.74) is 2.18. The van der Waals surface area contributed by atoms with Crippen molar-refractivity contribution in [2.75, 3.05) is 19.6 Å². The zero-order valence-electron chi connectivity index (χ0n) is 15.1. The van der Waals surface area contributed by atoms with E-state index < -0.39 is 0 Å². The van der Waals surface area contributed by atoms with Crippen molar-refractivity contribution < 1.29 is 9.32 Å². The van der Waals surface area contributed by atoms with Crippen LogP contribution in [-0.4, -0.2) is 46.5 Å². The van der Waals surface area contributed by atoms with Gasteiger partial charge in [0.25, 0.3) is 5.91 Å². The molecule has 2 atom stereocenters. The summed E-state index contributed by atoms with van der Waals surface area (Å²) in [5, 5.41) is 4.08. The monoisotopic (exact) mass is 359 g/mol. The molecule has 134 valence electrons. The lowest BCUT2D eigenvalue weighted by molar-refractivity contribution is 0.0590. The van der Waals surface area contributed by atoms with Crippen LogP contribution in [0.3, 0.4) is 0 Å². The Hall–Kier alpha value is -1.66. The number of fused-ring (bicyclic) bond motifs is 4. The van der Waals surface area contributed by atoms with E-state index in [1.165, 1.54) is 16.9 Å². The second-order valence-corrected chi connectivity index (χ2v) is 8.75. The van der Waals surface area contributed by atoms with Crippen molar-refractivity contribution in [3.05, 3.63) is 38.9 Å². The molecule has 3 aliphatic heterocycles. The van der Waals surface area contributed by atoms with Crippen molar-refractivity contribution in [1.29, 1.82) is 0 Å². The molecular weight excluding hydrogens is 334 g/mol. The van der Waals surface area contributed by atoms with Gasteiger partial charge in [0, 0.05) is 42.7 Å². The Labute approximate surface area is 152 Å². The lowest BCUT2D eigenvalue weighted by atomic mass is 9.95. The first-order chi connectivity index (χ1) is 12.0. The van der Waals surface area contributed by atoms with Crippen LogP contribution in [0.15, 0.2) is 16.7 Å². The fraction of sp³-hybridized carbons (Fsp3) is 0.579. The van der Waals surface area contributed by atoms with E-state index in [2.05, 4.69) is 21.9 Å². The summed E-state index contributed by atoms with van der Waals surface area (Å²) in [7, 11) is 0. The third-order valence-electron chi connectivity index (χ3n) is 5.56. The molecule has 3 aliphatic rings. The second-order valence-electron chi connectivity index (χ2n) is 7.46. The molecule has 1 amide bonds. The van der Waals surface area contributed by atoms with Crippen molar-refractivity contribution >= 4 is 17.2 Å². The number of hydrogen-bond acceptors (Lipinski definition) is 5. The summed E-state index contributed by atoms with van der Waals surface area (Å²) < 4.78 is 5.32. The maximum atomic E-state index is 13.0. The van der Waals surface area contributed by atoms with E-state index in [1.807, 2.05) is 26.0 Å². The molecule has 0 spiro atoms. The van der Waals surface area contributed by atoms with Crippen molar-refractivity contribution in [1.82, 2.24) is 15.0 Å². The number of aryl methyl sites for hydroxylation is 3. The maximum Gasteiger partial charge on any atom is 0.264 e. The Morgan fingerprint density at radius 3 is 2.76 bits per heavy atom. The summed E-state index contributed by atoms with van der Waals surface area (Å²) in [6.07, 6.45) is 2.33. The third kappa shape index (κ3) is 3.25. The first-order valence-electron chi connectivity index (χ1n) is 9.02. The van der Waals surface area contributed by atoms with Crippen LogP contribution in [-0.2, 0) is 6.54 Å². The highest BCUT2D eigenvalue weighted by molar-refractivity contribution is 7.13. The number of rotatable bonds is 3. The van der Waals surface area contributed by atoms with Gasteiger partial charge in [-0.15, -0.1) is 11.3 Å². The van der Waals surface area contributed by atoms with Crippen LogP contribution in [0.1, 0.15) is 44.4 Å². The van der Waals surface area contributed by atoms with Crippen molar-refractivity contribution in [3.8, 4) is 0 Å². The predicted molar refractivity (Wildman–Crippen MR) is 97.9 cm³/mol. The number of hydrogen-bond donors (Lipinski definition) is 0. The fourth-order valence-electron chi connectivity index (χ4n) is 4.20. The van der Waals surface area contributed by atoms with Gasteiger partial charge in [0.05, 0.1) is 10.6 Å². The number of nitrogens with zero attached hydrogens (tertiary/aromatic N) is 3. The summed E-state index contributed by atoms with van der Waals surface area (Å²) in [6, 6.07) is 4.33. The number of aromatic nitrogens is 1. The van der Waals surface area contributed by atoms with E-state index >= 15 is 0 Å². The molecule has 3 fully saturated rings. The molecular formula is C19H25N3O2S. The van der Waals surface area contributed by atoms with Gasteiger partial charge in [-0.3, -0.25) is 9.69 Å². The van der Waals surface area contributed by atoms with Gasteiger partial charge < -0.3 is 9.42 Å². The Balaban J connectivity index is 1.51. The van der Waals surface area contributed by atoms with Crippen LogP contribution in [0.4, 0.5) is 0 Å². The van der Waals surface area contributed by atoms with Crippen LogP contribution >= 0.6 is 11.3 Å². The molecule has 3 saturated heterocycles. The molecule has 25 heavy (non-hydrogen) atoms. The molecule has 2 aromatic heterocycles. The standard InChI is InChI=1S/C19H25N3O2S/c1-12-4-7-18(25-12)19(23)22-9-15-5-6-16(22)10-21(8-15)11-17-13(2)20-24-14(17)3/h4,7,15-16H,5-6,8-11H2,1-3H3/t15-,16+/m0/s1. The minimum atomic E-state index is 0.215. The van der Waals surface area contributed by atoms with Crippen LogP contribution in [0, 0.1) is 26.7 Å². The van der Waals surface area contributed by atoms with Gasteiger partial charge in [-0.05, 0) is 51.7 Å². The quantitative estimate of drug-likeness (QED) is 0.843. The van der Waals surface area contributed by atoms with Gasteiger partial charge in [-0.25, -0.2) is 0 Å². The smallest absolute Gasteiger partial charge is 0.264 e. The van der Waals surface area contributed by atoms with Crippen molar-refractivity contribution in [3.63, 3.8) is 0 Å². The Morgan fingerprint density at radius 1 is 1.24 bits per heavy atom. The fourth-order valence-corrected chi connectivity index (χ4v) is 5.02. The van der Waals surface area contributed by atoms with Gasteiger partial charge in [-0.1, -0.05) is 5.16 Å². The second kappa shape index (κ2) is 6.57. The van der Waals surface area contributed by atoms with Crippen LogP contribution < -0.4 is 0 Å². The van der Waals surface area contributed by atoms with Crippen LogP contribution in [0.2, 0.25) is 0 Å². The minimum Gasteiger partial charge on any atom is -0.361 e. The largest absolute Gasteiger partial charge is 0.361 e. The molecule has 5 heterocycles. The van der Waals surface area contributed by atoms with Crippen LogP contribution in [0.25, 0.3) is 0 Å². The average molecular weight is 359 g/mol. The van der Waals surface area contributed by atoms with Gasteiger partial charge >= 0.3 is 0 Å². The minimum absolute atomic E-state index is 0.215. The molecule has 2 aromatic rings. The first-order valence-corrected chi connectivity index (χ1v) is 9.84. The first kappa shape index (κ1) is 16.8. The van der Waals surface area contributed by atoms with E-state index in [-0.39, 0.29) is 5.91 Å². The molecule has 0 aromatic carbocycles. The molecule has 2 bridgehead atoms. The third-order valence-corrected chi connectivity index (χ3v) is 6.55. The number of thiophene rings is 1. The number of carbonyl (C=O) groups excluding carboxylic acids is 1. The Bertz CT molecular complexity index is 762. The zero-order chi connectivity index (χ0) is 17.6. The normalized spacial score (nSPS) is 23.9. The highest BCUT2D eigenvalue weighted by atomic mass is 32.1. The summed E-state index contributed by atoms with van der Waals surface area (Å²) in [6.45, 7) is 9.79. The molecule has 0 aliphatic carbocycles. The highest BCUT2D eigenvalue weighted by Crippen LogP contribution is 2.31. The van der Waals surface area contributed by atoms with Crippen molar-refractivity contribution in [2.45, 2.75) is 46.2 Å². The van der Waals surface area contributed by atoms with E-state index in [0.717, 1.165) is 48.9 Å². The Kier molecular flexibility index (Phi) is 4.41. The summed E-state index contributed by atoms with van der Waals surface area (Å²) in [5.74, 6) is 1.69. The maximum absolute atomic E-state index is 13.0. The van der Waals surface area contributed by atoms with Crippen LogP contribution in [0.5, 0.6) is 0 Å². The van der Waals surface area contributed by atoms with Crippen molar-refractivity contribution in [2.24, 2.45) is 5.92 Å². The van der Waals surface area contributed by atoms with E-state index in [4.69, 9.17) is 4.52 Å². The van der Waals surface area contributed by atoms with E-state index in [9.17, 15) is 4.79 Å². The highest BCUT2D eigenvalue weighted by Gasteiger charge is 2.38. The molecule has 0 unspecified atom stereocenters. The zero-order valence-corrected chi connectivity index (χ0v) is 15.9. The number of piperidine rings is 1. The topological polar surface area (TPSA) is 49.6 Å². The summed E-state index contributed by atoms with van der Waals surface area (Å²) in [4.78, 5) is 19.7. The molecule has 0 radical (unpaired) electrons. The predicted octanol–water partition coefficient (Wildman–Crippen LogP) is 3.40. The van der Waals surface area contributed by atoms with Gasteiger partial charge in [0.15, 0.2) is 0 Å². The average Bonchev–Trinajstić information content (AvgIpc) is 3.02. The summed E-state index contributed by atoms with van der Waals surface area (Å²) >= 11 is 1.61. The number of amides is 1. The molecule has 5 nitrogen and oxygen atoms in total. The van der Waals surface area contributed by atoms with Gasteiger partial charge in [-0.2, -0.15) is 0 Å².